The van der Waals surface area contributed by atoms with Gasteiger partial charge in [-0.25, -0.2) is 8.78 Å². The Bertz CT molecular complexity index is 547. The Kier molecular flexibility index (Phi) is 2.82. The number of hydrogen-bond donors (Lipinski definition) is 2. The smallest absolute Gasteiger partial charge is 0.278 e. The van der Waals surface area contributed by atoms with Gasteiger partial charge in [-0.05, 0) is 19.1 Å². The lowest BCUT2D eigenvalue weighted by atomic mass is 10.2. The summed E-state index contributed by atoms with van der Waals surface area (Å²) in [4.78, 5) is 11.6. The largest absolute Gasteiger partial charge is 0.316 e. The fourth-order valence-corrected chi connectivity index (χ4v) is 1.29. The molecule has 0 unspecified atom stereocenters. The Morgan fingerprint density at radius 3 is 2.47 bits per heavy atom. The highest BCUT2D eigenvalue weighted by molar-refractivity contribution is 6.03. The van der Waals surface area contributed by atoms with Gasteiger partial charge in [0.2, 0.25) is 0 Å². The van der Waals surface area contributed by atoms with Crippen molar-refractivity contribution in [1.29, 1.82) is 0 Å². The number of anilines is 1. The van der Waals surface area contributed by atoms with Crippen LogP contribution in [0.15, 0.2) is 18.2 Å². The number of nitrogens with zero attached hydrogens (tertiary/aromatic N) is 2. The highest BCUT2D eigenvalue weighted by Gasteiger charge is 2.17. The zero-order valence-corrected chi connectivity index (χ0v) is 8.79. The maximum atomic E-state index is 13.3. The topological polar surface area (TPSA) is 70.7 Å². The average Bonchev–Trinajstić information content (AvgIpc) is 2.70. The number of amides is 1. The number of hydrogen-bond acceptors (Lipinski definition) is 3. The van der Waals surface area contributed by atoms with Crippen molar-refractivity contribution in [3.63, 3.8) is 0 Å². The molecule has 0 aliphatic rings. The molecule has 7 heteroatoms. The van der Waals surface area contributed by atoms with Gasteiger partial charge in [0.05, 0.1) is 5.69 Å². The van der Waals surface area contributed by atoms with Crippen molar-refractivity contribution in [2.75, 3.05) is 5.32 Å². The highest BCUT2D eigenvalue weighted by atomic mass is 19.1. The van der Waals surface area contributed by atoms with Crippen LogP contribution in [0, 0.1) is 18.6 Å². The normalized spacial score (nSPS) is 10.3. The number of aromatic nitrogens is 3. The number of H-pyrrole nitrogens is 1. The SMILES string of the molecule is Cc1n[nH]nc1C(=O)Nc1c(F)cccc1F. The van der Waals surface area contributed by atoms with Crippen molar-refractivity contribution in [3.8, 4) is 0 Å². The molecule has 0 saturated carbocycles. The van der Waals surface area contributed by atoms with Gasteiger partial charge in [-0.2, -0.15) is 15.4 Å². The van der Waals surface area contributed by atoms with Gasteiger partial charge in [0, 0.05) is 0 Å². The molecule has 0 bridgehead atoms. The van der Waals surface area contributed by atoms with Gasteiger partial charge in [-0.15, -0.1) is 0 Å². The lowest BCUT2D eigenvalue weighted by Crippen LogP contribution is -2.15. The van der Waals surface area contributed by atoms with E-state index in [1.807, 2.05) is 0 Å². The first-order chi connectivity index (χ1) is 8.09. The minimum Gasteiger partial charge on any atom is -0.316 e. The second-order valence-electron chi connectivity index (χ2n) is 3.31. The zero-order valence-electron chi connectivity index (χ0n) is 8.79. The number of aryl methyl sites for hydroxylation is 1. The molecular weight excluding hydrogens is 230 g/mol. The number of rotatable bonds is 2. The van der Waals surface area contributed by atoms with Crippen LogP contribution in [-0.2, 0) is 0 Å². The monoisotopic (exact) mass is 238 g/mol. The minimum absolute atomic E-state index is 0.00680. The van der Waals surface area contributed by atoms with E-state index in [4.69, 9.17) is 0 Å². The Labute approximate surface area is 94.8 Å². The lowest BCUT2D eigenvalue weighted by Gasteiger charge is -2.05. The summed E-state index contributed by atoms with van der Waals surface area (Å²) >= 11 is 0. The van der Waals surface area contributed by atoms with E-state index in [0.29, 0.717) is 5.69 Å². The van der Waals surface area contributed by atoms with E-state index < -0.39 is 23.2 Å². The van der Waals surface area contributed by atoms with Crippen molar-refractivity contribution < 1.29 is 13.6 Å². The Balaban J connectivity index is 2.28. The third kappa shape index (κ3) is 2.12. The predicted octanol–water partition coefficient (Wildman–Crippen LogP) is 1.64. The quantitative estimate of drug-likeness (QED) is 0.835. The summed E-state index contributed by atoms with van der Waals surface area (Å²) in [7, 11) is 0. The second kappa shape index (κ2) is 4.28. The molecule has 1 heterocycles. The molecule has 2 aromatic rings. The van der Waals surface area contributed by atoms with E-state index in [1.54, 1.807) is 6.92 Å². The molecule has 5 nitrogen and oxygen atoms in total. The Morgan fingerprint density at radius 1 is 1.29 bits per heavy atom. The van der Waals surface area contributed by atoms with E-state index in [-0.39, 0.29) is 5.69 Å². The summed E-state index contributed by atoms with van der Waals surface area (Å²) in [6, 6.07) is 3.31. The number of para-hydroxylation sites is 1. The second-order valence-corrected chi connectivity index (χ2v) is 3.31. The van der Waals surface area contributed by atoms with Crippen LogP contribution in [0.5, 0.6) is 0 Å². The minimum atomic E-state index is -0.848. The first-order valence-electron chi connectivity index (χ1n) is 4.72. The van der Waals surface area contributed by atoms with Gasteiger partial charge in [-0.1, -0.05) is 6.07 Å². The number of halogens is 2. The van der Waals surface area contributed by atoms with E-state index in [9.17, 15) is 13.6 Å². The van der Waals surface area contributed by atoms with E-state index in [1.165, 1.54) is 6.07 Å². The molecule has 0 radical (unpaired) electrons. The molecule has 1 aromatic carbocycles. The van der Waals surface area contributed by atoms with Crippen molar-refractivity contribution in [3.05, 3.63) is 41.2 Å². The van der Waals surface area contributed by atoms with Gasteiger partial charge in [0.1, 0.15) is 17.3 Å². The molecular formula is C10H8F2N4O. The maximum Gasteiger partial charge on any atom is 0.278 e. The Morgan fingerprint density at radius 2 is 1.94 bits per heavy atom. The number of carbonyl (C=O) groups is 1. The summed E-state index contributed by atoms with van der Waals surface area (Å²) in [5.74, 6) is -2.42. The van der Waals surface area contributed by atoms with Crippen LogP contribution in [0.1, 0.15) is 16.2 Å². The van der Waals surface area contributed by atoms with Gasteiger partial charge < -0.3 is 5.32 Å². The number of aromatic amines is 1. The summed E-state index contributed by atoms with van der Waals surface area (Å²) < 4.78 is 26.5. The third-order valence-corrected chi connectivity index (χ3v) is 2.14. The first kappa shape index (κ1) is 11.2. The molecule has 2 N–H and O–H groups in total. The average molecular weight is 238 g/mol. The Hall–Kier alpha value is -2.31. The number of nitrogens with one attached hydrogen (secondary N) is 2. The van der Waals surface area contributed by atoms with Gasteiger partial charge in [0.15, 0.2) is 5.69 Å². The summed E-state index contributed by atoms with van der Waals surface area (Å²) in [5.41, 5.74) is -0.160. The number of carbonyl (C=O) groups excluding carboxylic acids is 1. The molecule has 0 atom stereocenters. The maximum absolute atomic E-state index is 13.3. The molecule has 88 valence electrons. The van der Waals surface area contributed by atoms with Crippen LogP contribution >= 0.6 is 0 Å². The van der Waals surface area contributed by atoms with Gasteiger partial charge in [-0.3, -0.25) is 4.79 Å². The van der Waals surface area contributed by atoms with Crippen molar-refractivity contribution >= 4 is 11.6 Å². The van der Waals surface area contributed by atoms with E-state index >= 15 is 0 Å². The molecule has 1 aromatic heterocycles. The fraction of sp³-hybridized carbons (Fsp3) is 0.100. The van der Waals surface area contributed by atoms with Gasteiger partial charge in [0.25, 0.3) is 5.91 Å². The summed E-state index contributed by atoms with van der Waals surface area (Å²) in [5, 5.41) is 11.6. The van der Waals surface area contributed by atoms with Crippen LogP contribution in [0.3, 0.4) is 0 Å². The number of benzene rings is 1. The van der Waals surface area contributed by atoms with E-state index in [2.05, 4.69) is 20.7 Å². The molecule has 2 rings (SSSR count). The van der Waals surface area contributed by atoms with Crippen molar-refractivity contribution in [2.45, 2.75) is 6.92 Å². The molecule has 0 spiro atoms. The van der Waals surface area contributed by atoms with Crippen LogP contribution in [0.2, 0.25) is 0 Å². The zero-order chi connectivity index (χ0) is 12.4. The summed E-state index contributed by atoms with van der Waals surface area (Å²) in [6.07, 6.45) is 0. The molecule has 17 heavy (non-hydrogen) atoms. The van der Waals surface area contributed by atoms with Crippen molar-refractivity contribution in [1.82, 2.24) is 15.4 Å². The highest BCUT2D eigenvalue weighted by Crippen LogP contribution is 2.18. The van der Waals surface area contributed by atoms with Crippen LogP contribution in [0.25, 0.3) is 0 Å². The van der Waals surface area contributed by atoms with Gasteiger partial charge >= 0.3 is 0 Å². The summed E-state index contributed by atoms with van der Waals surface area (Å²) in [6.45, 7) is 1.55. The molecule has 0 fully saturated rings. The molecule has 0 aliphatic carbocycles. The van der Waals surface area contributed by atoms with Crippen molar-refractivity contribution in [2.24, 2.45) is 0 Å². The molecule has 0 aliphatic heterocycles. The van der Waals surface area contributed by atoms with E-state index in [0.717, 1.165) is 12.1 Å². The standard InChI is InChI=1S/C10H8F2N4O/c1-5-8(15-16-14-5)10(17)13-9-6(11)3-2-4-7(9)12/h2-4H,1H3,(H,13,17)(H,14,15,16). The van der Waals surface area contributed by atoms with Crippen LogP contribution < -0.4 is 5.32 Å². The first-order valence-corrected chi connectivity index (χ1v) is 4.72. The van der Waals surface area contributed by atoms with Crippen LogP contribution in [-0.4, -0.2) is 21.3 Å². The molecule has 1 amide bonds. The third-order valence-electron chi connectivity index (χ3n) is 2.14. The lowest BCUT2D eigenvalue weighted by molar-refractivity contribution is 0.102. The van der Waals surface area contributed by atoms with Crippen LogP contribution in [0.4, 0.5) is 14.5 Å². The molecule has 0 saturated heterocycles. The fourth-order valence-electron chi connectivity index (χ4n) is 1.29. The predicted molar refractivity (Wildman–Crippen MR) is 55.4 cm³/mol.